The number of aliphatic hydroxyl groups is 2. The van der Waals surface area contributed by atoms with Crippen LogP contribution in [-0.4, -0.2) is 89.2 Å². The Morgan fingerprint density at radius 3 is 1.06 bits per heavy atom. The smallest absolute Gasteiger partial charge is 0.335 e. The lowest BCUT2D eigenvalue weighted by Crippen LogP contribution is -2.61. The maximum Gasteiger partial charge on any atom is 0.335 e. The summed E-state index contributed by atoms with van der Waals surface area (Å²) in [6, 6.07) is 0. The molecule has 6 unspecified atom stereocenters. The van der Waals surface area contributed by atoms with Crippen LogP contribution in [0.25, 0.3) is 0 Å². The van der Waals surface area contributed by atoms with E-state index in [0.717, 1.165) is 180 Å². The van der Waals surface area contributed by atoms with Crippen molar-refractivity contribution in [1.29, 1.82) is 0 Å². The van der Waals surface area contributed by atoms with Gasteiger partial charge in [-0.3, -0.25) is 14.4 Å². The molecule has 1 heterocycles. The van der Waals surface area contributed by atoms with Crippen molar-refractivity contribution in [2.45, 2.75) is 276 Å². The fourth-order valence-electron chi connectivity index (χ4n) is 9.08. The summed E-state index contributed by atoms with van der Waals surface area (Å²) < 4.78 is 28.5. The molecule has 6 atom stereocenters. The zero-order valence-corrected chi connectivity index (χ0v) is 53.9. The number of carboxylic acids is 1. The van der Waals surface area contributed by atoms with Gasteiger partial charge in [-0.05, 0) is 141 Å². The molecule has 0 spiro atoms. The molecule has 1 fully saturated rings. The van der Waals surface area contributed by atoms with Gasteiger partial charge in [0.1, 0.15) is 18.8 Å². The Morgan fingerprint density at radius 1 is 0.379 bits per heavy atom. The van der Waals surface area contributed by atoms with Crippen LogP contribution in [0, 0.1) is 0 Å². The van der Waals surface area contributed by atoms with Crippen LogP contribution < -0.4 is 0 Å². The third kappa shape index (κ3) is 50.0. The number of aliphatic carboxylic acids is 1. The van der Waals surface area contributed by atoms with Crippen molar-refractivity contribution >= 4 is 23.9 Å². The van der Waals surface area contributed by atoms with E-state index in [2.05, 4.69) is 179 Å². The first kappa shape index (κ1) is 79.4. The molecule has 3 N–H and O–H groups in total. The summed E-state index contributed by atoms with van der Waals surface area (Å²) >= 11 is 0. The highest BCUT2D eigenvalue weighted by molar-refractivity contribution is 5.74. The fraction of sp³-hybridized carbons (Fsp3) is 0.600. The number of hydrogen-bond donors (Lipinski definition) is 3. The molecule has 1 rings (SSSR count). The molecule has 1 aliphatic rings. The standard InChI is InChI=1S/C75H116O12/c1-4-7-10-13-16-19-22-25-28-31-34-37-40-43-46-49-52-55-58-61-67(76)83-64-66(85-68(77)62-59-56-53-50-47-44-41-38-35-32-29-26-23-20-17-14-11-8-5-2)65-84-75-73(71(80)70(79)72(87-75)74(81)82)86-69(78)63-60-57-54-51-48-45-42-39-36-33-30-27-24-21-18-15-12-9-6-3/h7-12,16-21,25-30,34-39,45,48,66,70-73,75,79-80H,4-6,13-15,22-24,31-33,40-44,46-47,49-65H2,1-3H3,(H,81,82)/b10-7-,11-8-,12-9-,19-16-,20-17-,21-18-,28-25-,29-26-,30-27-,37-34-,38-35-,39-36-,48-45-. The second-order valence-electron chi connectivity index (χ2n) is 22.0. The molecular weight excluding hydrogens is 1090 g/mol. The van der Waals surface area contributed by atoms with Crippen molar-refractivity contribution in [3.05, 3.63) is 158 Å². The quantitative estimate of drug-likeness (QED) is 0.0228. The van der Waals surface area contributed by atoms with Gasteiger partial charge in [-0.1, -0.05) is 237 Å². The minimum absolute atomic E-state index is 0.00889. The molecule has 0 aromatic rings. The van der Waals surface area contributed by atoms with Crippen LogP contribution in [0.5, 0.6) is 0 Å². The van der Waals surface area contributed by atoms with Gasteiger partial charge in [0.2, 0.25) is 0 Å². The van der Waals surface area contributed by atoms with Gasteiger partial charge >= 0.3 is 23.9 Å². The van der Waals surface area contributed by atoms with E-state index in [1.54, 1.807) is 0 Å². The predicted molar refractivity (Wildman–Crippen MR) is 358 cm³/mol. The number of rotatable bonds is 55. The highest BCUT2D eigenvalue weighted by Gasteiger charge is 2.50. The van der Waals surface area contributed by atoms with Gasteiger partial charge < -0.3 is 39.0 Å². The average Bonchev–Trinajstić information content (AvgIpc) is 2.60. The number of ether oxygens (including phenoxy) is 5. The highest BCUT2D eigenvalue weighted by atomic mass is 16.7. The predicted octanol–water partition coefficient (Wildman–Crippen LogP) is 18.5. The molecule has 488 valence electrons. The first-order valence-electron chi connectivity index (χ1n) is 33.5. The Hall–Kier alpha value is -5.66. The van der Waals surface area contributed by atoms with Crippen molar-refractivity contribution < 1.29 is 58.2 Å². The van der Waals surface area contributed by atoms with E-state index in [4.69, 9.17) is 23.7 Å². The van der Waals surface area contributed by atoms with Crippen LogP contribution in [0.15, 0.2) is 158 Å². The maximum atomic E-state index is 13.2. The Bertz CT molecular complexity index is 2120. The zero-order valence-electron chi connectivity index (χ0n) is 53.9. The van der Waals surface area contributed by atoms with Gasteiger partial charge in [-0.2, -0.15) is 0 Å². The van der Waals surface area contributed by atoms with Crippen LogP contribution in [0.1, 0.15) is 239 Å². The fourth-order valence-corrected chi connectivity index (χ4v) is 9.08. The van der Waals surface area contributed by atoms with Crippen LogP contribution in [0.4, 0.5) is 0 Å². The van der Waals surface area contributed by atoms with E-state index < -0.39 is 67.3 Å². The molecule has 0 aromatic heterocycles. The number of esters is 3. The minimum Gasteiger partial charge on any atom is -0.479 e. The lowest BCUT2D eigenvalue weighted by molar-refractivity contribution is -0.301. The number of unbranched alkanes of at least 4 members (excludes halogenated alkanes) is 15. The first-order chi connectivity index (χ1) is 42.6. The first-order valence-corrected chi connectivity index (χ1v) is 33.5. The topological polar surface area (TPSA) is 175 Å². The van der Waals surface area contributed by atoms with Crippen molar-refractivity contribution in [2.24, 2.45) is 0 Å². The van der Waals surface area contributed by atoms with E-state index in [9.17, 15) is 34.5 Å². The second kappa shape index (κ2) is 60.6. The van der Waals surface area contributed by atoms with Crippen LogP contribution >= 0.6 is 0 Å². The Morgan fingerprint density at radius 2 is 0.690 bits per heavy atom. The lowest BCUT2D eigenvalue weighted by Gasteiger charge is -2.40. The van der Waals surface area contributed by atoms with Gasteiger partial charge in [0.15, 0.2) is 24.6 Å². The monoisotopic (exact) mass is 1210 g/mol. The van der Waals surface area contributed by atoms with Gasteiger partial charge in [-0.25, -0.2) is 4.79 Å². The number of allylic oxidation sites excluding steroid dienone is 26. The van der Waals surface area contributed by atoms with Gasteiger partial charge in [-0.15, -0.1) is 0 Å². The summed E-state index contributed by atoms with van der Waals surface area (Å²) in [6.07, 6.45) is 76.1. The van der Waals surface area contributed by atoms with Crippen molar-refractivity contribution in [3.63, 3.8) is 0 Å². The summed E-state index contributed by atoms with van der Waals surface area (Å²) in [6.45, 7) is 5.63. The molecule has 87 heavy (non-hydrogen) atoms. The third-order valence-electron chi connectivity index (χ3n) is 14.1. The van der Waals surface area contributed by atoms with Crippen LogP contribution in [0.2, 0.25) is 0 Å². The van der Waals surface area contributed by atoms with Gasteiger partial charge in [0, 0.05) is 19.3 Å². The van der Waals surface area contributed by atoms with Crippen molar-refractivity contribution in [2.75, 3.05) is 13.2 Å². The van der Waals surface area contributed by atoms with E-state index >= 15 is 0 Å². The van der Waals surface area contributed by atoms with Crippen molar-refractivity contribution in [3.8, 4) is 0 Å². The van der Waals surface area contributed by atoms with Crippen LogP contribution in [-0.2, 0) is 42.9 Å². The molecule has 0 bridgehead atoms. The molecule has 0 amide bonds. The maximum absolute atomic E-state index is 13.2. The van der Waals surface area contributed by atoms with Crippen molar-refractivity contribution in [1.82, 2.24) is 0 Å². The molecule has 12 heteroatoms. The second-order valence-corrected chi connectivity index (χ2v) is 22.0. The summed E-state index contributed by atoms with van der Waals surface area (Å²) in [7, 11) is 0. The number of carbonyl (C=O) groups excluding carboxylic acids is 3. The summed E-state index contributed by atoms with van der Waals surface area (Å²) in [5.74, 6) is -3.22. The largest absolute Gasteiger partial charge is 0.479 e. The normalized spacial score (nSPS) is 18.4. The molecule has 1 aliphatic heterocycles. The summed E-state index contributed by atoms with van der Waals surface area (Å²) in [5, 5.41) is 31.6. The molecule has 0 aliphatic carbocycles. The molecule has 0 saturated carbocycles. The Balaban J connectivity index is 2.71. The van der Waals surface area contributed by atoms with E-state index in [0.29, 0.717) is 19.3 Å². The lowest BCUT2D eigenvalue weighted by atomic mass is 9.98. The average molecular weight is 1210 g/mol. The highest BCUT2D eigenvalue weighted by Crippen LogP contribution is 2.26. The number of carboxylic acid groups (broad SMARTS) is 1. The Kier molecular flexibility index (Phi) is 55.3. The summed E-state index contributed by atoms with van der Waals surface area (Å²) in [4.78, 5) is 51.5. The third-order valence-corrected chi connectivity index (χ3v) is 14.1. The van der Waals surface area contributed by atoms with E-state index in [-0.39, 0.29) is 25.9 Å². The minimum atomic E-state index is -1.93. The van der Waals surface area contributed by atoms with Gasteiger partial charge in [0.25, 0.3) is 0 Å². The molecular formula is C75H116O12. The number of aliphatic hydroxyl groups excluding tert-OH is 2. The SMILES string of the molecule is CC/C=C\C/C=C\C/C=C\C/C=C\C/C=C\CCCCCC(=O)OC1C(OCC(COC(=O)CCCCCCCC/C=C\C/C=C\C/C=C\C/C=C\CC)OC(=O)CCCCCCCC/C=C\C/C=C\C/C=C\C/C=C\CC)OC(C(=O)O)C(O)C1O. The molecule has 12 nitrogen and oxygen atoms in total. The Labute approximate surface area is 526 Å². The number of carbonyl (C=O) groups is 4. The van der Waals surface area contributed by atoms with E-state index in [1.165, 1.54) is 0 Å². The number of hydrogen-bond acceptors (Lipinski definition) is 11. The summed E-state index contributed by atoms with van der Waals surface area (Å²) in [5.41, 5.74) is 0. The zero-order chi connectivity index (χ0) is 63.1. The molecule has 0 aromatic carbocycles. The van der Waals surface area contributed by atoms with E-state index in [1.807, 2.05) is 0 Å². The molecule has 1 saturated heterocycles. The molecule has 0 radical (unpaired) electrons. The van der Waals surface area contributed by atoms with Gasteiger partial charge in [0.05, 0.1) is 6.61 Å². The van der Waals surface area contributed by atoms with Crippen LogP contribution in [0.3, 0.4) is 0 Å².